The summed E-state index contributed by atoms with van der Waals surface area (Å²) in [6.45, 7) is 1.67. The van der Waals surface area contributed by atoms with Gasteiger partial charge in [-0.1, -0.05) is 29.3 Å². The maximum Gasteiger partial charge on any atom is 0.259 e. The van der Waals surface area contributed by atoms with Crippen molar-refractivity contribution in [2.75, 3.05) is 0 Å². The van der Waals surface area contributed by atoms with E-state index in [1.807, 2.05) is 0 Å². The van der Waals surface area contributed by atoms with Crippen LogP contribution in [0.2, 0.25) is 10.0 Å². The van der Waals surface area contributed by atoms with Crippen LogP contribution in [0.4, 0.5) is 0 Å². The van der Waals surface area contributed by atoms with Gasteiger partial charge in [-0.2, -0.15) is 0 Å². The molecule has 2 rings (SSSR count). The van der Waals surface area contributed by atoms with Gasteiger partial charge in [-0.25, -0.2) is 4.99 Å². The molecule has 1 atom stereocenters. The summed E-state index contributed by atoms with van der Waals surface area (Å²) in [4.78, 5) is 15.8. The van der Waals surface area contributed by atoms with Crippen molar-refractivity contribution in [2.24, 2.45) is 10.7 Å². The summed E-state index contributed by atoms with van der Waals surface area (Å²) in [7, 11) is 0. The summed E-state index contributed by atoms with van der Waals surface area (Å²) >= 11 is 11.7. The molecule has 0 saturated heterocycles. The van der Waals surface area contributed by atoms with Gasteiger partial charge in [0.25, 0.3) is 5.91 Å². The van der Waals surface area contributed by atoms with Crippen LogP contribution in [0.25, 0.3) is 0 Å². The summed E-state index contributed by atoms with van der Waals surface area (Å²) in [5.74, 6) is -0.165. The Morgan fingerprint density at radius 1 is 1.38 bits per heavy atom. The van der Waals surface area contributed by atoms with Crippen molar-refractivity contribution in [1.29, 1.82) is 0 Å². The third kappa shape index (κ3) is 1.64. The second kappa shape index (κ2) is 3.64. The number of halogens is 2. The van der Waals surface area contributed by atoms with Crippen molar-refractivity contribution in [3.63, 3.8) is 0 Å². The highest BCUT2D eigenvalue weighted by molar-refractivity contribution is 6.42. The molecular formula is C10H9Cl2N3O. The SMILES string of the molecule is CC1(c2ccc(Cl)c(Cl)c2)N=C(N)NC1=O. The van der Waals surface area contributed by atoms with E-state index in [0.29, 0.717) is 15.6 Å². The fourth-order valence-corrected chi connectivity index (χ4v) is 1.85. The van der Waals surface area contributed by atoms with Crippen molar-refractivity contribution < 1.29 is 4.79 Å². The highest BCUT2D eigenvalue weighted by Crippen LogP contribution is 2.32. The molecule has 3 N–H and O–H groups in total. The Labute approximate surface area is 102 Å². The lowest BCUT2D eigenvalue weighted by Gasteiger charge is -2.18. The molecule has 1 unspecified atom stereocenters. The van der Waals surface area contributed by atoms with Crippen LogP contribution in [-0.2, 0) is 10.3 Å². The van der Waals surface area contributed by atoms with Gasteiger partial charge < -0.3 is 5.73 Å². The van der Waals surface area contributed by atoms with Crippen LogP contribution in [0.3, 0.4) is 0 Å². The van der Waals surface area contributed by atoms with Gasteiger partial charge in [0.2, 0.25) is 0 Å². The van der Waals surface area contributed by atoms with Gasteiger partial charge in [0.15, 0.2) is 11.5 Å². The van der Waals surface area contributed by atoms with Crippen LogP contribution in [0.5, 0.6) is 0 Å². The van der Waals surface area contributed by atoms with Crippen LogP contribution in [-0.4, -0.2) is 11.9 Å². The first-order chi connectivity index (χ1) is 7.43. The quantitative estimate of drug-likeness (QED) is 0.804. The largest absolute Gasteiger partial charge is 0.370 e. The number of nitrogens with zero attached hydrogens (tertiary/aromatic N) is 1. The predicted molar refractivity (Wildman–Crippen MR) is 63.6 cm³/mol. The molecule has 0 spiro atoms. The molecule has 0 aromatic heterocycles. The van der Waals surface area contributed by atoms with E-state index in [2.05, 4.69) is 10.3 Å². The van der Waals surface area contributed by atoms with Crippen molar-refractivity contribution in [2.45, 2.75) is 12.5 Å². The van der Waals surface area contributed by atoms with Gasteiger partial charge in [0, 0.05) is 0 Å². The van der Waals surface area contributed by atoms with Crippen LogP contribution >= 0.6 is 23.2 Å². The molecule has 0 fully saturated rings. The van der Waals surface area contributed by atoms with Crippen LogP contribution in [0.15, 0.2) is 23.2 Å². The first-order valence-corrected chi connectivity index (χ1v) is 5.31. The molecule has 84 valence electrons. The molecule has 1 aromatic rings. The van der Waals surface area contributed by atoms with E-state index in [0.717, 1.165) is 0 Å². The molecule has 1 amide bonds. The first kappa shape index (κ1) is 11.2. The maximum absolute atomic E-state index is 11.7. The van der Waals surface area contributed by atoms with E-state index in [1.165, 1.54) is 0 Å². The second-order valence-corrected chi connectivity index (χ2v) is 4.47. The van der Waals surface area contributed by atoms with Gasteiger partial charge in [-0.15, -0.1) is 0 Å². The summed E-state index contributed by atoms with van der Waals surface area (Å²) < 4.78 is 0. The fraction of sp³-hybridized carbons (Fsp3) is 0.200. The minimum atomic E-state index is -1.03. The lowest BCUT2D eigenvalue weighted by atomic mass is 9.93. The molecule has 0 bridgehead atoms. The number of hydrogen-bond donors (Lipinski definition) is 2. The number of carbonyl (C=O) groups excluding carboxylic acids is 1. The number of carbonyl (C=O) groups is 1. The van der Waals surface area contributed by atoms with E-state index >= 15 is 0 Å². The van der Waals surface area contributed by atoms with Gasteiger partial charge in [-0.05, 0) is 24.6 Å². The Balaban J connectivity index is 2.51. The summed E-state index contributed by atoms with van der Waals surface area (Å²) in [5, 5.41) is 3.27. The number of guanidine groups is 1. The first-order valence-electron chi connectivity index (χ1n) is 4.56. The lowest BCUT2D eigenvalue weighted by molar-refractivity contribution is -0.123. The Morgan fingerprint density at radius 3 is 2.56 bits per heavy atom. The minimum absolute atomic E-state index is 0.110. The Kier molecular flexibility index (Phi) is 2.56. The zero-order chi connectivity index (χ0) is 11.9. The van der Waals surface area contributed by atoms with Gasteiger partial charge in [0.1, 0.15) is 0 Å². The summed E-state index contributed by atoms with van der Waals surface area (Å²) in [6.07, 6.45) is 0. The number of aliphatic imine (C=N–C) groups is 1. The zero-order valence-electron chi connectivity index (χ0n) is 8.42. The monoisotopic (exact) mass is 257 g/mol. The standard InChI is InChI=1S/C10H9Cl2N3O/c1-10(8(16)14-9(13)15-10)5-2-3-6(11)7(12)4-5/h2-4H,1H3,(H3,13,14,15,16). The van der Waals surface area contributed by atoms with Crippen molar-refractivity contribution in [3.8, 4) is 0 Å². The third-order valence-electron chi connectivity index (χ3n) is 2.51. The molecule has 0 aliphatic carbocycles. The molecule has 1 heterocycles. The number of hydrogen-bond acceptors (Lipinski definition) is 3. The number of benzene rings is 1. The molecule has 0 radical (unpaired) electrons. The van der Waals surface area contributed by atoms with Gasteiger partial charge in [0.05, 0.1) is 10.0 Å². The molecule has 4 nitrogen and oxygen atoms in total. The van der Waals surface area contributed by atoms with E-state index in [-0.39, 0.29) is 11.9 Å². The average molecular weight is 258 g/mol. The fourth-order valence-electron chi connectivity index (χ4n) is 1.55. The molecular weight excluding hydrogens is 249 g/mol. The van der Waals surface area contributed by atoms with Crippen molar-refractivity contribution in [3.05, 3.63) is 33.8 Å². The number of nitrogens with one attached hydrogen (secondary N) is 1. The van der Waals surface area contributed by atoms with E-state index in [9.17, 15) is 4.79 Å². The lowest BCUT2D eigenvalue weighted by Crippen LogP contribution is -2.37. The zero-order valence-corrected chi connectivity index (χ0v) is 9.93. The molecule has 6 heteroatoms. The van der Waals surface area contributed by atoms with Crippen LogP contribution in [0, 0.1) is 0 Å². The molecule has 1 aliphatic rings. The normalized spacial score (nSPS) is 24.2. The number of nitrogens with two attached hydrogens (primary N) is 1. The van der Waals surface area contributed by atoms with Gasteiger partial charge >= 0.3 is 0 Å². The molecule has 16 heavy (non-hydrogen) atoms. The van der Waals surface area contributed by atoms with E-state index in [1.54, 1.807) is 25.1 Å². The van der Waals surface area contributed by atoms with Gasteiger partial charge in [-0.3, -0.25) is 10.1 Å². The third-order valence-corrected chi connectivity index (χ3v) is 3.25. The predicted octanol–water partition coefficient (Wildman–Crippen LogP) is 1.65. The Morgan fingerprint density at radius 2 is 2.06 bits per heavy atom. The Hall–Kier alpha value is -1.26. The van der Waals surface area contributed by atoms with Crippen molar-refractivity contribution >= 4 is 35.1 Å². The Bertz CT molecular complexity index is 501. The summed E-state index contributed by atoms with van der Waals surface area (Å²) in [6, 6.07) is 4.95. The molecule has 1 aromatic carbocycles. The van der Waals surface area contributed by atoms with Crippen LogP contribution < -0.4 is 11.1 Å². The van der Waals surface area contributed by atoms with E-state index < -0.39 is 5.54 Å². The number of amides is 1. The molecule has 0 saturated carbocycles. The highest BCUT2D eigenvalue weighted by atomic mass is 35.5. The van der Waals surface area contributed by atoms with E-state index in [4.69, 9.17) is 28.9 Å². The second-order valence-electron chi connectivity index (χ2n) is 3.65. The van der Waals surface area contributed by atoms with Crippen molar-refractivity contribution in [1.82, 2.24) is 5.32 Å². The minimum Gasteiger partial charge on any atom is -0.370 e. The van der Waals surface area contributed by atoms with Crippen LogP contribution in [0.1, 0.15) is 12.5 Å². The topological polar surface area (TPSA) is 67.5 Å². The number of rotatable bonds is 1. The molecule has 1 aliphatic heterocycles. The summed E-state index contributed by atoms with van der Waals surface area (Å²) in [5.41, 5.74) is 5.09. The maximum atomic E-state index is 11.7. The highest BCUT2D eigenvalue weighted by Gasteiger charge is 2.40. The average Bonchev–Trinajstić information content (AvgIpc) is 2.46. The smallest absolute Gasteiger partial charge is 0.259 e.